The minimum Gasteiger partial charge on any atom is -0.339 e. The molecule has 116 valence electrons. The van der Waals surface area contributed by atoms with Crippen molar-refractivity contribution in [3.63, 3.8) is 0 Å². The topological polar surface area (TPSA) is 59.2 Å². The summed E-state index contributed by atoms with van der Waals surface area (Å²) in [7, 11) is 0. The number of hydrogen-bond donors (Lipinski definition) is 0. The second-order valence-electron chi connectivity index (χ2n) is 5.64. The smallest absolute Gasteiger partial charge is 0.232 e. The zero-order valence-corrected chi connectivity index (χ0v) is 13.4. The molecule has 2 aromatic rings. The number of amides is 1. The first-order valence-corrected chi connectivity index (χ1v) is 7.85. The molecule has 0 aliphatic carbocycles. The lowest BCUT2D eigenvalue weighted by atomic mass is 10.1. The maximum Gasteiger partial charge on any atom is 0.232 e. The van der Waals surface area contributed by atoms with Crippen LogP contribution in [0.2, 0.25) is 5.02 Å². The number of halogens is 1. The third kappa shape index (κ3) is 2.86. The molecule has 1 amide bonds. The van der Waals surface area contributed by atoms with Gasteiger partial charge in [0.05, 0.1) is 5.92 Å². The van der Waals surface area contributed by atoms with Crippen molar-refractivity contribution < 1.29 is 9.32 Å². The van der Waals surface area contributed by atoms with Crippen LogP contribution >= 0.6 is 11.6 Å². The van der Waals surface area contributed by atoms with E-state index >= 15 is 0 Å². The van der Waals surface area contributed by atoms with Crippen LogP contribution in [0.25, 0.3) is 0 Å². The Kier molecular flexibility index (Phi) is 4.16. The number of carbonyl (C=O) groups excluding carboxylic acids is 1. The SMILES string of the molecule is CCCc1noc(C2CC(=O)N(c3cc(Cl)ccc3C)C2)n1. The van der Waals surface area contributed by atoms with Gasteiger partial charge in [0, 0.05) is 30.1 Å². The molecule has 6 heteroatoms. The van der Waals surface area contributed by atoms with Crippen molar-refractivity contribution in [1.82, 2.24) is 10.1 Å². The summed E-state index contributed by atoms with van der Waals surface area (Å²) >= 11 is 6.06. The molecule has 0 N–H and O–H groups in total. The molecule has 3 rings (SSSR count). The van der Waals surface area contributed by atoms with Crippen LogP contribution < -0.4 is 4.90 Å². The van der Waals surface area contributed by atoms with E-state index in [1.807, 2.05) is 25.1 Å². The minimum atomic E-state index is -0.0519. The molecule has 1 aliphatic rings. The molecule has 1 atom stereocenters. The molecule has 1 aromatic carbocycles. The van der Waals surface area contributed by atoms with Crippen LogP contribution in [0.1, 0.15) is 43.0 Å². The summed E-state index contributed by atoms with van der Waals surface area (Å²) in [6, 6.07) is 5.57. The van der Waals surface area contributed by atoms with Crippen LogP contribution in [0, 0.1) is 6.92 Å². The summed E-state index contributed by atoms with van der Waals surface area (Å²) in [5.74, 6) is 1.27. The maximum absolute atomic E-state index is 12.3. The quantitative estimate of drug-likeness (QED) is 0.865. The van der Waals surface area contributed by atoms with Crippen molar-refractivity contribution in [2.45, 2.75) is 39.0 Å². The summed E-state index contributed by atoms with van der Waals surface area (Å²) in [6.45, 7) is 4.59. The molecule has 1 unspecified atom stereocenters. The van der Waals surface area contributed by atoms with Crippen LogP contribution in [0.15, 0.2) is 22.7 Å². The minimum absolute atomic E-state index is 0.0519. The van der Waals surface area contributed by atoms with E-state index in [-0.39, 0.29) is 11.8 Å². The summed E-state index contributed by atoms with van der Waals surface area (Å²) in [6.07, 6.45) is 2.15. The molecule has 0 bridgehead atoms. The van der Waals surface area contributed by atoms with E-state index in [0.29, 0.717) is 29.7 Å². The average Bonchev–Trinajstić information content (AvgIpc) is 3.09. The number of rotatable bonds is 4. The standard InChI is InChI=1S/C16H18ClN3O2/c1-3-4-14-18-16(22-19-14)11-7-15(21)20(9-11)13-8-12(17)6-5-10(13)2/h5-6,8,11H,3-4,7,9H2,1-2H3. The van der Waals surface area contributed by atoms with Gasteiger partial charge < -0.3 is 9.42 Å². The lowest BCUT2D eigenvalue weighted by Gasteiger charge is -2.18. The van der Waals surface area contributed by atoms with Gasteiger partial charge in [-0.25, -0.2) is 0 Å². The number of carbonyl (C=O) groups is 1. The monoisotopic (exact) mass is 319 g/mol. The molecule has 1 saturated heterocycles. The largest absolute Gasteiger partial charge is 0.339 e. The van der Waals surface area contributed by atoms with Crippen molar-refractivity contribution in [1.29, 1.82) is 0 Å². The van der Waals surface area contributed by atoms with Gasteiger partial charge >= 0.3 is 0 Å². The Morgan fingerprint density at radius 2 is 2.27 bits per heavy atom. The molecule has 5 nitrogen and oxygen atoms in total. The summed E-state index contributed by atoms with van der Waals surface area (Å²) in [5.41, 5.74) is 1.88. The summed E-state index contributed by atoms with van der Waals surface area (Å²) in [4.78, 5) is 18.5. The molecule has 0 radical (unpaired) electrons. The fourth-order valence-electron chi connectivity index (χ4n) is 2.74. The number of nitrogens with zero attached hydrogens (tertiary/aromatic N) is 3. The van der Waals surface area contributed by atoms with Gasteiger partial charge in [0.1, 0.15) is 0 Å². The van der Waals surface area contributed by atoms with E-state index < -0.39 is 0 Å². The predicted molar refractivity (Wildman–Crippen MR) is 84.2 cm³/mol. The van der Waals surface area contributed by atoms with Crippen molar-refractivity contribution in [3.8, 4) is 0 Å². The Hall–Kier alpha value is -1.88. The molecule has 2 heterocycles. The number of benzene rings is 1. The first-order chi connectivity index (χ1) is 10.6. The van der Waals surface area contributed by atoms with Gasteiger partial charge in [-0.1, -0.05) is 29.7 Å². The lowest BCUT2D eigenvalue weighted by Crippen LogP contribution is -2.25. The molecule has 0 spiro atoms. The Morgan fingerprint density at radius 1 is 1.45 bits per heavy atom. The lowest BCUT2D eigenvalue weighted by molar-refractivity contribution is -0.117. The highest BCUT2D eigenvalue weighted by Gasteiger charge is 2.35. The van der Waals surface area contributed by atoms with E-state index in [1.165, 1.54) is 0 Å². The third-order valence-electron chi connectivity index (χ3n) is 3.89. The van der Waals surface area contributed by atoms with Gasteiger partial charge in [0.15, 0.2) is 5.82 Å². The Bertz CT molecular complexity index is 698. The Balaban J connectivity index is 1.82. The highest BCUT2D eigenvalue weighted by Crippen LogP contribution is 2.33. The summed E-state index contributed by atoms with van der Waals surface area (Å²) in [5, 5.41) is 4.59. The second-order valence-corrected chi connectivity index (χ2v) is 6.07. The fraction of sp³-hybridized carbons (Fsp3) is 0.438. The van der Waals surface area contributed by atoms with Crippen LogP contribution in [0.4, 0.5) is 5.69 Å². The number of aromatic nitrogens is 2. The molecular weight excluding hydrogens is 302 g/mol. The summed E-state index contributed by atoms with van der Waals surface area (Å²) < 4.78 is 5.32. The first kappa shape index (κ1) is 15.0. The molecular formula is C16H18ClN3O2. The van der Waals surface area contributed by atoms with Gasteiger partial charge in [-0.3, -0.25) is 4.79 Å². The van der Waals surface area contributed by atoms with Crippen molar-refractivity contribution in [2.75, 3.05) is 11.4 Å². The third-order valence-corrected chi connectivity index (χ3v) is 4.13. The highest BCUT2D eigenvalue weighted by atomic mass is 35.5. The van der Waals surface area contributed by atoms with Crippen LogP contribution in [0.3, 0.4) is 0 Å². The Labute approximate surface area is 134 Å². The Morgan fingerprint density at radius 3 is 3.05 bits per heavy atom. The fourth-order valence-corrected chi connectivity index (χ4v) is 2.90. The number of aryl methyl sites for hydroxylation is 2. The first-order valence-electron chi connectivity index (χ1n) is 7.47. The van der Waals surface area contributed by atoms with Crippen LogP contribution in [-0.2, 0) is 11.2 Å². The molecule has 1 aromatic heterocycles. The van der Waals surface area contributed by atoms with Crippen molar-refractivity contribution in [3.05, 3.63) is 40.5 Å². The van der Waals surface area contributed by atoms with Crippen molar-refractivity contribution in [2.24, 2.45) is 0 Å². The number of anilines is 1. The molecule has 0 saturated carbocycles. The maximum atomic E-state index is 12.3. The van der Waals surface area contributed by atoms with E-state index in [9.17, 15) is 4.79 Å². The molecule has 1 aliphatic heterocycles. The van der Waals surface area contributed by atoms with Crippen LogP contribution in [0.5, 0.6) is 0 Å². The predicted octanol–water partition coefficient (Wildman–Crippen LogP) is 3.50. The van der Waals surface area contributed by atoms with E-state index in [0.717, 1.165) is 24.1 Å². The van der Waals surface area contributed by atoms with E-state index in [2.05, 4.69) is 17.1 Å². The van der Waals surface area contributed by atoms with Gasteiger partial charge in [0.25, 0.3) is 0 Å². The van der Waals surface area contributed by atoms with Gasteiger partial charge in [0.2, 0.25) is 11.8 Å². The zero-order chi connectivity index (χ0) is 15.7. The van der Waals surface area contributed by atoms with Crippen molar-refractivity contribution >= 4 is 23.2 Å². The van der Waals surface area contributed by atoms with Crippen LogP contribution in [-0.4, -0.2) is 22.6 Å². The van der Waals surface area contributed by atoms with Gasteiger partial charge in [-0.2, -0.15) is 4.98 Å². The molecule has 1 fully saturated rings. The normalized spacial score (nSPS) is 18.2. The average molecular weight is 320 g/mol. The van der Waals surface area contributed by atoms with E-state index in [1.54, 1.807) is 4.90 Å². The van der Waals surface area contributed by atoms with E-state index in [4.69, 9.17) is 16.1 Å². The van der Waals surface area contributed by atoms with Gasteiger partial charge in [-0.05, 0) is 31.0 Å². The zero-order valence-electron chi connectivity index (χ0n) is 12.7. The van der Waals surface area contributed by atoms with Gasteiger partial charge in [-0.15, -0.1) is 0 Å². The number of hydrogen-bond acceptors (Lipinski definition) is 4. The second kappa shape index (κ2) is 6.08. The highest BCUT2D eigenvalue weighted by molar-refractivity contribution is 6.31. The molecule has 22 heavy (non-hydrogen) atoms.